The molecule has 0 saturated carbocycles. The third-order valence-corrected chi connectivity index (χ3v) is 5.60. The highest BCUT2D eigenvalue weighted by Gasteiger charge is 2.34. The quantitative estimate of drug-likeness (QED) is 0.386. The fraction of sp³-hybridized carbons (Fsp3) is 0.167. The van der Waals surface area contributed by atoms with Crippen molar-refractivity contribution >= 4 is 33.3 Å². The maximum Gasteiger partial charge on any atom is 0.419 e. The molecule has 0 radical (unpaired) electrons. The Morgan fingerprint density at radius 2 is 2.00 bits per heavy atom. The van der Waals surface area contributed by atoms with Gasteiger partial charge in [-0.25, -0.2) is 4.98 Å². The number of methoxy groups -OCH3 is 1. The molecule has 0 amide bonds. The first kappa shape index (κ1) is 18.8. The molecule has 0 aliphatic heterocycles. The fourth-order valence-electron chi connectivity index (χ4n) is 2.58. The van der Waals surface area contributed by atoms with E-state index < -0.39 is 11.7 Å². The van der Waals surface area contributed by atoms with Gasteiger partial charge in [-0.05, 0) is 35.9 Å². The molecule has 2 aromatic carbocycles. The van der Waals surface area contributed by atoms with E-state index in [2.05, 4.69) is 15.2 Å². The van der Waals surface area contributed by atoms with Gasteiger partial charge in [0.15, 0.2) is 0 Å². The molecule has 0 fully saturated rings. The Hall–Kier alpha value is -2.59. The first-order valence-electron chi connectivity index (χ1n) is 7.98. The highest BCUT2D eigenvalue weighted by molar-refractivity contribution is 7.98. The summed E-state index contributed by atoms with van der Waals surface area (Å²) in [7, 11) is 1.21. The normalized spacial score (nSPS) is 11.9. The summed E-state index contributed by atoms with van der Waals surface area (Å²) < 4.78 is 50.8. The van der Waals surface area contributed by atoms with Crippen LogP contribution in [0.5, 0.6) is 5.75 Å². The number of hydrogen-bond acceptors (Lipinski definition) is 7. The number of halogens is 3. The van der Waals surface area contributed by atoms with Gasteiger partial charge in [0, 0.05) is 11.3 Å². The number of ether oxygens (including phenoxy) is 1. The van der Waals surface area contributed by atoms with E-state index in [9.17, 15) is 13.2 Å². The molecule has 4 aromatic rings. The van der Waals surface area contributed by atoms with Gasteiger partial charge in [-0.3, -0.25) is 0 Å². The van der Waals surface area contributed by atoms with Gasteiger partial charge >= 0.3 is 6.18 Å². The lowest BCUT2D eigenvalue weighted by Crippen LogP contribution is -2.08. The van der Waals surface area contributed by atoms with E-state index in [1.165, 1.54) is 36.3 Å². The number of benzene rings is 2. The lowest BCUT2D eigenvalue weighted by molar-refractivity contribution is -0.138. The molecule has 0 aliphatic rings. The largest absolute Gasteiger partial charge is 0.496 e. The zero-order valence-corrected chi connectivity index (χ0v) is 16.0. The predicted molar refractivity (Wildman–Crippen MR) is 100 cm³/mol. The molecule has 0 bridgehead atoms. The van der Waals surface area contributed by atoms with Gasteiger partial charge in [0.2, 0.25) is 5.89 Å². The number of aromatic nitrogens is 3. The van der Waals surface area contributed by atoms with Crippen molar-refractivity contribution in [1.82, 2.24) is 15.2 Å². The zero-order chi connectivity index (χ0) is 19.7. The molecule has 0 atom stereocenters. The summed E-state index contributed by atoms with van der Waals surface area (Å²) >= 11 is 2.68. The topological polar surface area (TPSA) is 61.0 Å². The maximum atomic E-state index is 13.1. The zero-order valence-electron chi connectivity index (χ0n) is 14.4. The van der Waals surface area contributed by atoms with Crippen LogP contribution in [0.15, 0.2) is 51.5 Å². The average Bonchev–Trinajstić information content (AvgIpc) is 3.34. The Bertz CT molecular complexity index is 1120. The lowest BCUT2D eigenvalue weighted by atomic mass is 10.1. The van der Waals surface area contributed by atoms with Crippen LogP contribution in [0, 0.1) is 0 Å². The summed E-state index contributed by atoms with van der Waals surface area (Å²) in [4.78, 5) is 4.22. The van der Waals surface area contributed by atoms with Gasteiger partial charge < -0.3 is 9.15 Å². The number of thiazole rings is 1. The van der Waals surface area contributed by atoms with Crippen LogP contribution in [0.3, 0.4) is 0 Å². The second-order valence-electron chi connectivity index (χ2n) is 5.73. The second kappa shape index (κ2) is 7.44. The molecular formula is C18H12F3N3O2S2. The summed E-state index contributed by atoms with van der Waals surface area (Å²) in [6, 6.07) is 9.57. The summed E-state index contributed by atoms with van der Waals surface area (Å²) in [5.74, 6) is 0.395. The van der Waals surface area contributed by atoms with Crippen LogP contribution in [0.25, 0.3) is 21.7 Å². The molecular weight excluding hydrogens is 411 g/mol. The minimum Gasteiger partial charge on any atom is -0.496 e. The van der Waals surface area contributed by atoms with Gasteiger partial charge in [-0.15, -0.1) is 21.5 Å². The Morgan fingerprint density at radius 3 is 2.79 bits per heavy atom. The number of fused-ring (bicyclic) bond motifs is 1. The van der Waals surface area contributed by atoms with Crippen molar-refractivity contribution in [2.45, 2.75) is 17.2 Å². The van der Waals surface area contributed by atoms with E-state index in [1.54, 1.807) is 11.6 Å². The number of nitrogens with zero attached hydrogens (tertiary/aromatic N) is 3. The molecule has 28 heavy (non-hydrogen) atoms. The van der Waals surface area contributed by atoms with Crippen molar-refractivity contribution in [2.24, 2.45) is 0 Å². The first-order valence-corrected chi connectivity index (χ1v) is 9.84. The number of hydrogen-bond donors (Lipinski definition) is 0. The highest BCUT2D eigenvalue weighted by Crippen LogP contribution is 2.37. The first-order chi connectivity index (χ1) is 13.4. The minimum atomic E-state index is -4.49. The SMILES string of the molecule is COc1ccc(CSc2nnc(-c3ccc4ncsc4c3)o2)cc1C(F)(F)F. The molecule has 2 aromatic heterocycles. The Kier molecular flexibility index (Phi) is 4.98. The second-order valence-corrected chi connectivity index (χ2v) is 7.54. The maximum absolute atomic E-state index is 13.1. The van der Waals surface area contributed by atoms with Crippen LogP contribution < -0.4 is 4.74 Å². The lowest BCUT2D eigenvalue weighted by Gasteiger charge is -2.13. The van der Waals surface area contributed by atoms with Crippen LogP contribution >= 0.6 is 23.1 Å². The van der Waals surface area contributed by atoms with Crippen LogP contribution in [0.1, 0.15) is 11.1 Å². The third-order valence-electron chi connectivity index (χ3n) is 3.92. The van der Waals surface area contributed by atoms with Crippen molar-refractivity contribution < 1.29 is 22.3 Å². The molecule has 144 valence electrons. The molecule has 0 aliphatic carbocycles. The molecule has 0 N–H and O–H groups in total. The van der Waals surface area contributed by atoms with Crippen molar-refractivity contribution in [3.05, 3.63) is 53.0 Å². The summed E-state index contributed by atoms with van der Waals surface area (Å²) in [6.45, 7) is 0. The predicted octanol–water partition coefficient (Wildman–Crippen LogP) is 5.67. The van der Waals surface area contributed by atoms with E-state index in [4.69, 9.17) is 9.15 Å². The van der Waals surface area contributed by atoms with Gasteiger partial charge in [-0.1, -0.05) is 17.8 Å². The van der Waals surface area contributed by atoms with E-state index in [-0.39, 0.29) is 16.7 Å². The van der Waals surface area contributed by atoms with Crippen molar-refractivity contribution in [3.63, 3.8) is 0 Å². The van der Waals surface area contributed by atoms with Gasteiger partial charge in [-0.2, -0.15) is 13.2 Å². The van der Waals surface area contributed by atoms with E-state index in [1.807, 2.05) is 18.2 Å². The van der Waals surface area contributed by atoms with Crippen LogP contribution in [0.2, 0.25) is 0 Å². The minimum absolute atomic E-state index is 0.209. The Morgan fingerprint density at radius 1 is 1.14 bits per heavy atom. The van der Waals surface area contributed by atoms with E-state index >= 15 is 0 Å². The highest BCUT2D eigenvalue weighted by atomic mass is 32.2. The van der Waals surface area contributed by atoms with Crippen molar-refractivity contribution in [3.8, 4) is 17.2 Å². The van der Waals surface area contributed by atoms with E-state index in [0.29, 0.717) is 11.5 Å². The van der Waals surface area contributed by atoms with Crippen LogP contribution in [-0.4, -0.2) is 22.3 Å². The summed E-state index contributed by atoms with van der Waals surface area (Å²) in [5.41, 5.74) is 3.08. The standard InChI is InChI=1S/C18H12F3N3O2S2/c1-25-14-5-2-10(6-12(14)18(19,20)21)8-27-17-24-23-16(26-17)11-3-4-13-15(7-11)28-9-22-13/h2-7,9H,8H2,1H3. The molecule has 0 spiro atoms. The Balaban J connectivity index is 1.50. The molecule has 0 saturated heterocycles. The molecule has 4 rings (SSSR count). The third kappa shape index (κ3) is 3.83. The van der Waals surface area contributed by atoms with Gasteiger partial charge in [0.1, 0.15) is 5.75 Å². The monoisotopic (exact) mass is 423 g/mol. The van der Waals surface area contributed by atoms with E-state index in [0.717, 1.165) is 21.8 Å². The Labute approximate surface area is 165 Å². The van der Waals surface area contributed by atoms with Crippen LogP contribution in [-0.2, 0) is 11.9 Å². The molecule has 0 unspecified atom stereocenters. The van der Waals surface area contributed by atoms with Crippen LogP contribution in [0.4, 0.5) is 13.2 Å². The van der Waals surface area contributed by atoms with Crippen molar-refractivity contribution in [2.75, 3.05) is 7.11 Å². The average molecular weight is 423 g/mol. The number of rotatable bonds is 5. The van der Waals surface area contributed by atoms with Gasteiger partial charge in [0.05, 0.1) is 28.4 Å². The number of alkyl halides is 3. The fourth-order valence-corrected chi connectivity index (χ4v) is 4.01. The smallest absolute Gasteiger partial charge is 0.419 e. The molecule has 5 nitrogen and oxygen atoms in total. The molecule has 2 heterocycles. The van der Waals surface area contributed by atoms with Crippen molar-refractivity contribution in [1.29, 1.82) is 0 Å². The number of thioether (sulfide) groups is 1. The summed E-state index contributed by atoms with van der Waals surface area (Å²) in [6.07, 6.45) is -4.49. The summed E-state index contributed by atoms with van der Waals surface area (Å²) in [5, 5.41) is 8.27. The molecule has 10 heteroatoms. The van der Waals surface area contributed by atoms with Gasteiger partial charge in [0.25, 0.3) is 5.22 Å².